The number of cyclic esters (lactones) is 1. The summed E-state index contributed by atoms with van der Waals surface area (Å²) < 4.78 is 10.2. The van der Waals surface area contributed by atoms with Crippen molar-refractivity contribution in [2.45, 2.75) is 45.2 Å². The van der Waals surface area contributed by atoms with Crippen molar-refractivity contribution in [3.8, 4) is 0 Å². The Morgan fingerprint density at radius 2 is 2.10 bits per heavy atom. The molecule has 4 atom stereocenters. The zero-order valence-corrected chi connectivity index (χ0v) is 12.2. The molecule has 0 saturated carbocycles. The minimum Gasteiger partial charge on any atom is -0.451 e. The van der Waals surface area contributed by atoms with Gasteiger partial charge in [0.2, 0.25) is 0 Å². The monoisotopic (exact) mass is 296 g/mol. The van der Waals surface area contributed by atoms with Gasteiger partial charge in [-0.05, 0) is 32.9 Å². The topological polar surface area (TPSA) is 93.1 Å². The predicted octanol–water partition coefficient (Wildman–Crippen LogP) is 0.644. The van der Waals surface area contributed by atoms with Crippen molar-refractivity contribution in [3.05, 3.63) is 36.0 Å². The fourth-order valence-corrected chi connectivity index (χ4v) is 1.50. The van der Waals surface area contributed by atoms with Gasteiger partial charge in [-0.25, -0.2) is 9.59 Å². The van der Waals surface area contributed by atoms with Gasteiger partial charge in [-0.2, -0.15) is 0 Å². The normalized spacial score (nSPS) is 23.0. The lowest BCUT2D eigenvalue weighted by molar-refractivity contribution is -0.153. The first-order valence-corrected chi connectivity index (χ1v) is 6.62. The van der Waals surface area contributed by atoms with Gasteiger partial charge in [0.15, 0.2) is 12.2 Å². The molecule has 1 heterocycles. The molecule has 1 rings (SSSR count). The molecule has 0 radical (unpaired) electrons. The second kappa shape index (κ2) is 7.75. The van der Waals surface area contributed by atoms with E-state index in [4.69, 9.17) is 9.47 Å². The molecule has 0 aromatic carbocycles. The van der Waals surface area contributed by atoms with Crippen molar-refractivity contribution in [1.82, 2.24) is 0 Å². The number of rotatable bonds is 6. The first kappa shape index (κ1) is 17.1. The Labute approximate surface area is 123 Å². The minimum absolute atomic E-state index is 0.415. The Kier molecular flexibility index (Phi) is 6.33. The van der Waals surface area contributed by atoms with E-state index in [1.807, 2.05) is 0 Å². The van der Waals surface area contributed by atoms with Crippen LogP contribution in [0.4, 0.5) is 0 Å². The average Bonchev–Trinajstić information content (AvgIpc) is 2.87. The molecule has 0 aromatic heterocycles. The quantitative estimate of drug-likeness (QED) is 0.424. The van der Waals surface area contributed by atoms with Crippen LogP contribution in [0.15, 0.2) is 36.0 Å². The third-order valence-corrected chi connectivity index (χ3v) is 2.99. The van der Waals surface area contributed by atoms with E-state index in [0.29, 0.717) is 5.57 Å². The number of aliphatic hydroxyl groups is 2. The maximum absolute atomic E-state index is 11.8. The molecule has 0 amide bonds. The van der Waals surface area contributed by atoms with Crippen LogP contribution in [0.3, 0.4) is 0 Å². The van der Waals surface area contributed by atoms with Gasteiger partial charge >= 0.3 is 11.9 Å². The first-order chi connectivity index (χ1) is 9.85. The third-order valence-electron chi connectivity index (χ3n) is 2.99. The van der Waals surface area contributed by atoms with Gasteiger partial charge in [0.25, 0.3) is 0 Å². The molecule has 0 aliphatic carbocycles. The summed E-state index contributed by atoms with van der Waals surface area (Å²) in [6, 6.07) is 0. The molecule has 0 unspecified atom stereocenters. The summed E-state index contributed by atoms with van der Waals surface area (Å²) in [4.78, 5) is 22.9. The number of hydrogen-bond acceptors (Lipinski definition) is 6. The van der Waals surface area contributed by atoms with Crippen molar-refractivity contribution in [3.63, 3.8) is 0 Å². The number of carbonyl (C=O) groups is 2. The minimum atomic E-state index is -1.10. The van der Waals surface area contributed by atoms with E-state index < -0.39 is 36.4 Å². The zero-order chi connectivity index (χ0) is 16.0. The van der Waals surface area contributed by atoms with Gasteiger partial charge in [0.05, 0.1) is 12.2 Å². The summed E-state index contributed by atoms with van der Waals surface area (Å²) in [6.45, 7) is 4.73. The molecule has 21 heavy (non-hydrogen) atoms. The van der Waals surface area contributed by atoms with E-state index in [2.05, 4.69) is 0 Å². The SMILES string of the molecule is C/C=C(\C)C(=O)O[C@H](/C=C/[C@@H](O)[C@@H](C)O)[C@H]1C=CC(=O)O1. The summed E-state index contributed by atoms with van der Waals surface area (Å²) >= 11 is 0. The maximum Gasteiger partial charge on any atom is 0.334 e. The largest absolute Gasteiger partial charge is 0.451 e. The van der Waals surface area contributed by atoms with Crippen molar-refractivity contribution in [2.24, 2.45) is 0 Å². The van der Waals surface area contributed by atoms with Crippen molar-refractivity contribution >= 4 is 11.9 Å². The van der Waals surface area contributed by atoms with Crippen molar-refractivity contribution in [2.75, 3.05) is 0 Å². The van der Waals surface area contributed by atoms with Crippen LogP contribution in [0.1, 0.15) is 20.8 Å². The molecular weight excluding hydrogens is 276 g/mol. The number of aliphatic hydroxyl groups excluding tert-OH is 2. The van der Waals surface area contributed by atoms with E-state index in [1.54, 1.807) is 19.9 Å². The molecule has 0 aromatic rings. The van der Waals surface area contributed by atoms with Gasteiger partial charge < -0.3 is 19.7 Å². The fraction of sp³-hybridized carbons (Fsp3) is 0.467. The lowest BCUT2D eigenvalue weighted by Crippen LogP contribution is -2.30. The lowest BCUT2D eigenvalue weighted by atomic mass is 10.1. The van der Waals surface area contributed by atoms with Crippen LogP contribution in [0.5, 0.6) is 0 Å². The van der Waals surface area contributed by atoms with Gasteiger partial charge in [0, 0.05) is 11.6 Å². The third kappa shape index (κ3) is 5.17. The number of carbonyl (C=O) groups excluding carboxylic acids is 2. The average molecular weight is 296 g/mol. The van der Waals surface area contributed by atoms with Crippen LogP contribution >= 0.6 is 0 Å². The maximum atomic E-state index is 11.8. The van der Waals surface area contributed by atoms with Gasteiger partial charge in [0.1, 0.15) is 0 Å². The Hall–Kier alpha value is -1.92. The van der Waals surface area contributed by atoms with Gasteiger partial charge in [-0.15, -0.1) is 0 Å². The summed E-state index contributed by atoms with van der Waals surface area (Å²) in [7, 11) is 0. The molecule has 1 aliphatic heterocycles. The Balaban J connectivity index is 2.82. The molecule has 2 N–H and O–H groups in total. The Bertz CT molecular complexity index is 475. The first-order valence-electron chi connectivity index (χ1n) is 6.62. The van der Waals surface area contributed by atoms with Crippen LogP contribution in [-0.4, -0.2) is 46.6 Å². The molecule has 0 fully saturated rings. The lowest BCUT2D eigenvalue weighted by Gasteiger charge is -2.20. The smallest absolute Gasteiger partial charge is 0.334 e. The highest BCUT2D eigenvalue weighted by Gasteiger charge is 2.28. The van der Waals surface area contributed by atoms with Crippen LogP contribution in [0.2, 0.25) is 0 Å². The summed E-state index contributed by atoms with van der Waals surface area (Å²) in [5.74, 6) is -1.07. The number of hydrogen-bond donors (Lipinski definition) is 2. The number of esters is 2. The molecule has 6 nitrogen and oxygen atoms in total. The molecular formula is C15H20O6. The molecule has 116 valence electrons. The highest BCUT2D eigenvalue weighted by atomic mass is 16.6. The highest BCUT2D eigenvalue weighted by Crippen LogP contribution is 2.16. The highest BCUT2D eigenvalue weighted by molar-refractivity contribution is 5.88. The molecule has 0 spiro atoms. The van der Waals surface area contributed by atoms with Crippen LogP contribution in [0.25, 0.3) is 0 Å². The molecule has 6 heteroatoms. The van der Waals surface area contributed by atoms with Crippen molar-refractivity contribution < 1.29 is 29.3 Å². The second-order valence-corrected chi connectivity index (χ2v) is 4.72. The second-order valence-electron chi connectivity index (χ2n) is 4.72. The van der Waals surface area contributed by atoms with Crippen LogP contribution in [0, 0.1) is 0 Å². The molecule has 0 saturated heterocycles. The summed E-state index contributed by atoms with van der Waals surface area (Å²) in [5.41, 5.74) is 0.415. The molecule has 1 aliphatic rings. The standard InChI is InChI=1S/C15H20O6/c1-4-9(2)15(19)21-13(6-5-11(17)10(3)16)12-7-8-14(18)20-12/h4-8,10-13,16-17H,1-3H3/b6-5+,9-4+/t10-,11-,12-,13-/m1/s1. The van der Waals surface area contributed by atoms with E-state index in [9.17, 15) is 19.8 Å². The number of ether oxygens (including phenoxy) is 2. The van der Waals surface area contributed by atoms with Crippen LogP contribution in [-0.2, 0) is 19.1 Å². The predicted molar refractivity (Wildman–Crippen MR) is 75.2 cm³/mol. The van der Waals surface area contributed by atoms with E-state index in [-0.39, 0.29) is 0 Å². The number of allylic oxidation sites excluding steroid dienone is 1. The van der Waals surface area contributed by atoms with Crippen molar-refractivity contribution in [1.29, 1.82) is 0 Å². The Morgan fingerprint density at radius 1 is 1.43 bits per heavy atom. The van der Waals surface area contributed by atoms with E-state index >= 15 is 0 Å². The van der Waals surface area contributed by atoms with Gasteiger partial charge in [-0.3, -0.25) is 0 Å². The van der Waals surface area contributed by atoms with Gasteiger partial charge in [-0.1, -0.05) is 12.2 Å². The zero-order valence-electron chi connectivity index (χ0n) is 12.2. The molecule has 0 bridgehead atoms. The summed E-state index contributed by atoms with van der Waals surface area (Å²) in [5, 5.41) is 18.8. The van der Waals surface area contributed by atoms with Crippen LogP contribution < -0.4 is 0 Å². The fourth-order valence-electron chi connectivity index (χ4n) is 1.50. The van der Waals surface area contributed by atoms with E-state index in [0.717, 1.165) is 0 Å². The van der Waals surface area contributed by atoms with E-state index in [1.165, 1.54) is 31.2 Å². The Morgan fingerprint density at radius 3 is 2.57 bits per heavy atom. The summed E-state index contributed by atoms with van der Waals surface area (Å²) in [6.07, 6.45) is 3.33.